The number of aryl methyl sites for hydroxylation is 1. The zero-order valence-electron chi connectivity index (χ0n) is 21.3. The van der Waals surface area contributed by atoms with E-state index in [9.17, 15) is 4.79 Å². The number of allylic oxidation sites excluding steroid dienone is 3. The molecule has 4 heterocycles. The van der Waals surface area contributed by atoms with Crippen LogP contribution in [-0.2, 0) is 22.0 Å². The maximum Gasteiger partial charge on any atom is 0.237 e. The standard InChI is InChI=1S/C29H35FN4O2/c1-28(10-7-21(17-26(28)30)22-18-31-32(2)19-22)20-34-25-6-4-3-5-24(25)29(27(34)35)11-13-33(14-12-29)23-8-15-36-16-9-23/h3-7,17-19,23H,8-16,20H2,1-2H3. The van der Waals surface area contributed by atoms with E-state index in [1.165, 1.54) is 0 Å². The molecule has 0 radical (unpaired) electrons. The predicted molar refractivity (Wildman–Crippen MR) is 138 cm³/mol. The lowest BCUT2D eigenvalue weighted by Gasteiger charge is -2.43. The molecular formula is C29H35FN4O2. The molecule has 2 saturated heterocycles. The largest absolute Gasteiger partial charge is 0.381 e. The molecule has 6 nitrogen and oxygen atoms in total. The van der Waals surface area contributed by atoms with Crippen LogP contribution >= 0.6 is 0 Å². The number of halogens is 1. The van der Waals surface area contributed by atoms with E-state index in [1.54, 1.807) is 17.0 Å². The number of fused-ring (bicyclic) bond motifs is 2. The van der Waals surface area contributed by atoms with Crippen molar-refractivity contribution < 1.29 is 13.9 Å². The van der Waals surface area contributed by atoms with Gasteiger partial charge in [-0.1, -0.05) is 31.2 Å². The molecule has 3 aliphatic heterocycles. The highest BCUT2D eigenvalue weighted by Gasteiger charge is 2.53. The summed E-state index contributed by atoms with van der Waals surface area (Å²) in [5.41, 5.74) is 2.58. The Hall–Kier alpha value is -2.77. The summed E-state index contributed by atoms with van der Waals surface area (Å²) in [6.07, 6.45) is 11.7. The quantitative estimate of drug-likeness (QED) is 0.627. The first-order valence-electron chi connectivity index (χ1n) is 13.2. The van der Waals surface area contributed by atoms with Crippen LogP contribution in [0.15, 0.2) is 54.6 Å². The summed E-state index contributed by atoms with van der Waals surface area (Å²) in [4.78, 5) is 18.6. The number of para-hydroxylation sites is 1. The second kappa shape index (κ2) is 8.96. The molecule has 6 rings (SSSR count). The Balaban J connectivity index is 1.23. The number of carbonyl (C=O) groups is 1. The van der Waals surface area contributed by atoms with Crippen molar-refractivity contribution in [2.24, 2.45) is 12.5 Å². The Morgan fingerprint density at radius 3 is 2.61 bits per heavy atom. The molecule has 0 N–H and O–H groups in total. The van der Waals surface area contributed by atoms with Crippen molar-refractivity contribution in [3.63, 3.8) is 0 Å². The average molecular weight is 491 g/mol. The summed E-state index contributed by atoms with van der Waals surface area (Å²) in [5.74, 6) is -0.0317. The fourth-order valence-electron chi connectivity index (χ4n) is 6.62. The maximum atomic E-state index is 15.7. The van der Waals surface area contributed by atoms with Crippen LogP contribution in [0.25, 0.3) is 5.57 Å². The molecule has 1 amide bonds. The van der Waals surface area contributed by atoms with Gasteiger partial charge >= 0.3 is 0 Å². The number of amides is 1. The van der Waals surface area contributed by atoms with Crippen LogP contribution in [0.3, 0.4) is 0 Å². The molecule has 2 fully saturated rings. The van der Waals surface area contributed by atoms with Gasteiger partial charge in [-0.3, -0.25) is 9.48 Å². The molecule has 1 aromatic heterocycles. The highest BCUT2D eigenvalue weighted by Crippen LogP contribution is 2.50. The van der Waals surface area contributed by atoms with Crippen LogP contribution in [0.1, 0.15) is 50.2 Å². The van der Waals surface area contributed by atoms with Gasteiger partial charge in [-0.15, -0.1) is 0 Å². The van der Waals surface area contributed by atoms with Crippen molar-refractivity contribution in [3.05, 3.63) is 65.8 Å². The monoisotopic (exact) mass is 490 g/mol. The van der Waals surface area contributed by atoms with Crippen molar-refractivity contribution in [1.29, 1.82) is 0 Å². The van der Waals surface area contributed by atoms with Gasteiger partial charge < -0.3 is 14.5 Å². The maximum absolute atomic E-state index is 15.7. The molecule has 1 atom stereocenters. The van der Waals surface area contributed by atoms with Gasteiger partial charge in [0.25, 0.3) is 0 Å². The van der Waals surface area contributed by atoms with E-state index >= 15 is 4.39 Å². The lowest BCUT2D eigenvalue weighted by Crippen LogP contribution is -2.53. The molecule has 190 valence electrons. The number of anilines is 1. The Morgan fingerprint density at radius 1 is 1.17 bits per heavy atom. The molecule has 1 aromatic carbocycles. The number of carbonyl (C=O) groups excluding carboxylic acids is 1. The fraction of sp³-hybridized carbons (Fsp3) is 0.517. The summed E-state index contributed by atoms with van der Waals surface area (Å²) >= 11 is 0. The van der Waals surface area contributed by atoms with E-state index in [0.29, 0.717) is 19.0 Å². The zero-order valence-corrected chi connectivity index (χ0v) is 21.3. The minimum absolute atomic E-state index is 0.145. The highest BCUT2D eigenvalue weighted by atomic mass is 19.1. The molecular weight excluding hydrogens is 455 g/mol. The van der Waals surface area contributed by atoms with Crippen LogP contribution in [0.2, 0.25) is 0 Å². The Bertz CT molecular complexity index is 1220. The lowest BCUT2D eigenvalue weighted by atomic mass is 9.73. The smallest absolute Gasteiger partial charge is 0.237 e. The SMILES string of the molecule is Cn1cc(C2=CCC(C)(CN3C(=O)C4(CCN(C5CCOCC5)CC4)c4ccccc43)C(F)=C2)cn1. The second-order valence-electron chi connectivity index (χ2n) is 11.2. The van der Waals surface area contributed by atoms with Crippen molar-refractivity contribution in [1.82, 2.24) is 14.7 Å². The first kappa shape index (κ1) is 23.6. The number of nitrogens with zero attached hydrogens (tertiary/aromatic N) is 4. The van der Waals surface area contributed by atoms with Gasteiger partial charge in [-0.2, -0.15) is 5.10 Å². The van der Waals surface area contributed by atoms with Gasteiger partial charge in [0.1, 0.15) is 5.83 Å². The Kier molecular flexibility index (Phi) is 5.88. The number of ether oxygens (including phenoxy) is 1. The summed E-state index contributed by atoms with van der Waals surface area (Å²) in [7, 11) is 1.86. The fourth-order valence-corrected chi connectivity index (χ4v) is 6.62. The van der Waals surface area contributed by atoms with E-state index < -0.39 is 10.8 Å². The summed E-state index contributed by atoms with van der Waals surface area (Å²) in [6.45, 7) is 5.77. The van der Waals surface area contributed by atoms with Gasteiger partial charge in [0, 0.05) is 55.7 Å². The molecule has 0 bridgehead atoms. The van der Waals surface area contributed by atoms with Crippen molar-refractivity contribution in [2.45, 2.75) is 50.5 Å². The van der Waals surface area contributed by atoms with E-state index in [2.05, 4.69) is 22.1 Å². The van der Waals surface area contributed by atoms with E-state index in [4.69, 9.17) is 4.74 Å². The third-order valence-electron chi connectivity index (χ3n) is 8.90. The van der Waals surface area contributed by atoms with Crippen LogP contribution in [0, 0.1) is 5.41 Å². The summed E-state index contributed by atoms with van der Waals surface area (Å²) in [5, 5.41) is 4.22. The number of likely N-dealkylation sites (tertiary alicyclic amines) is 1. The van der Waals surface area contributed by atoms with E-state index in [-0.39, 0.29) is 11.7 Å². The first-order valence-corrected chi connectivity index (χ1v) is 13.2. The van der Waals surface area contributed by atoms with Gasteiger partial charge in [-0.25, -0.2) is 4.39 Å². The minimum atomic E-state index is -0.761. The van der Waals surface area contributed by atoms with E-state index in [0.717, 1.165) is 74.4 Å². The van der Waals surface area contributed by atoms with Gasteiger partial charge in [0.05, 0.1) is 11.6 Å². The highest BCUT2D eigenvalue weighted by molar-refractivity contribution is 6.08. The van der Waals surface area contributed by atoms with Crippen molar-refractivity contribution in [3.8, 4) is 0 Å². The van der Waals surface area contributed by atoms with Crippen molar-refractivity contribution >= 4 is 17.2 Å². The normalized spacial score (nSPS) is 26.8. The Labute approximate surface area is 212 Å². The van der Waals surface area contributed by atoms with Crippen LogP contribution in [0.4, 0.5) is 10.1 Å². The molecule has 4 aliphatic rings. The molecule has 1 spiro atoms. The van der Waals surface area contributed by atoms with E-state index in [1.807, 2.05) is 43.3 Å². The number of benzene rings is 1. The van der Waals surface area contributed by atoms with Crippen LogP contribution in [-0.4, -0.2) is 59.5 Å². The number of piperidine rings is 1. The first-order chi connectivity index (χ1) is 17.4. The number of hydrogen-bond donors (Lipinski definition) is 0. The predicted octanol–water partition coefficient (Wildman–Crippen LogP) is 4.63. The summed E-state index contributed by atoms with van der Waals surface area (Å²) in [6, 6.07) is 8.74. The number of hydrogen-bond acceptors (Lipinski definition) is 4. The molecule has 1 aliphatic carbocycles. The lowest BCUT2D eigenvalue weighted by molar-refractivity contribution is -0.125. The molecule has 7 heteroatoms. The molecule has 0 saturated carbocycles. The van der Waals surface area contributed by atoms with Crippen LogP contribution in [0.5, 0.6) is 0 Å². The minimum Gasteiger partial charge on any atom is -0.381 e. The topological polar surface area (TPSA) is 50.6 Å². The molecule has 2 aromatic rings. The zero-order chi connectivity index (χ0) is 24.9. The Morgan fingerprint density at radius 2 is 1.92 bits per heavy atom. The third kappa shape index (κ3) is 3.84. The average Bonchev–Trinajstić information content (AvgIpc) is 3.43. The number of aromatic nitrogens is 2. The summed E-state index contributed by atoms with van der Waals surface area (Å²) < 4.78 is 22.9. The van der Waals surface area contributed by atoms with Crippen LogP contribution < -0.4 is 4.90 Å². The van der Waals surface area contributed by atoms with Crippen molar-refractivity contribution in [2.75, 3.05) is 37.7 Å². The molecule has 36 heavy (non-hydrogen) atoms. The third-order valence-corrected chi connectivity index (χ3v) is 8.90. The van der Waals surface area contributed by atoms with Gasteiger partial charge in [0.2, 0.25) is 5.91 Å². The number of rotatable bonds is 4. The van der Waals surface area contributed by atoms with Gasteiger partial charge in [-0.05, 0) is 68.5 Å². The van der Waals surface area contributed by atoms with Gasteiger partial charge in [0.15, 0.2) is 0 Å². The molecule has 1 unspecified atom stereocenters. The second-order valence-corrected chi connectivity index (χ2v) is 11.2.